The van der Waals surface area contributed by atoms with E-state index in [4.69, 9.17) is 9.84 Å². The van der Waals surface area contributed by atoms with Gasteiger partial charge in [-0.05, 0) is 43.0 Å². The summed E-state index contributed by atoms with van der Waals surface area (Å²) < 4.78 is 4.88. The van der Waals surface area contributed by atoms with Gasteiger partial charge in [-0.2, -0.15) is 0 Å². The first kappa shape index (κ1) is 15.0. The predicted octanol–water partition coefficient (Wildman–Crippen LogP) is 2.59. The monoisotopic (exact) mass is 262 g/mol. The number of hydrogen-bond donors (Lipinski definition) is 1. The average molecular weight is 262 g/mol. The lowest BCUT2D eigenvalue weighted by Crippen LogP contribution is -2.06. The molecule has 0 spiro atoms. The zero-order chi connectivity index (χ0) is 14.3. The smallest absolute Gasteiger partial charge is 0.328 e. The molecule has 0 heterocycles. The Bertz CT molecular complexity index is 489. The number of aryl methyl sites for hydroxylation is 2. The molecule has 0 unspecified atom stereocenters. The van der Waals surface area contributed by atoms with Crippen LogP contribution in [0.4, 0.5) is 0 Å². The van der Waals surface area contributed by atoms with E-state index in [-0.39, 0.29) is 5.97 Å². The molecule has 0 atom stereocenters. The lowest BCUT2D eigenvalue weighted by molar-refractivity contribution is -0.143. The second-order valence-electron chi connectivity index (χ2n) is 4.12. The molecule has 0 aromatic heterocycles. The van der Waals surface area contributed by atoms with Crippen LogP contribution < -0.4 is 0 Å². The van der Waals surface area contributed by atoms with E-state index in [0.29, 0.717) is 19.4 Å². The average Bonchev–Trinajstić information content (AvgIpc) is 2.35. The SMILES string of the molecule is CCOC(=O)CCc1cccc(C)c1/C=C/C(=O)O. The summed E-state index contributed by atoms with van der Waals surface area (Å²) in [5.74, 6) is -1.23. The van der Waals surface area contributed by atoms with Gasteiger partial charge in [0.2, 0.25) is 0 Å². The van der Waals surface area contributed by atoms with Crippen molar-refractivity contribution in [3.05, 3.63) is 41.0 Å². The Labute approximate surface area is 112 Å². The zero-order valence-electron chi connectivity index (χ0n) is 11.2. The van der Waals surface area contributed by atoms with E-state index in [1.807, 2.05) is 25.1 Å². The van der Waals surface area contributed by atoms with Crippen molar-refractivity contribution >= 4 is 18.0 Å². The van der Waals surface area contributed by atoms with E-state index in [1.165, 1.54) is 0 Å². The van der Waals surface area contributed by atoms with Crippen LogP contribution in [0.25, 0.3) is 6.08 Å². The van der Waals surface area contributed by atoms with Gasteiger partial charge in [-0.15, -0.1) is 0 Å². The van der Waals surface area contributed by atoms with Crippen molar-refractivity contribution in [2.45, 2.75) is 26.7 Å². The summed E-state index contributed by atoms with van der Waals surface area (Å²) in [6, 6.07) is 5.71. The summed E-state index contributed by atoms with van der Waals surface area (Å²) in [7, 11) is 0. The third-order valence-electron chi connectivity index (χ3n) is 2.71. The molecule has 102 valence electrons. The normalized spacial score (nSPS) is 10.6. The molecule has 1 aromatic rings. The maximum atomic E-state index is 11.3. The molecule has 4 heteroatoms. The maximum Gasteiger partial charge on any atom is 0.328 e. The van der Waals surface area contributed by atoms with Crippen molar-refractivity contribution in [1.29, 1.82) is 0 Å². The summed E-state index contributed by atoms with van der Waals surface area (Å²) in [5, 5.41) is 8.68. The lowest BCUT2D eigenvalue weighted by Gasteiger charge is -2.09. The van der Waals surface area contributed by atoms with Gasteiger partial charge in [-0.1, -0.05) is 18.2 Å². The summed E-state index contributed by atoms with van der Waals surface area (Å²) >= 11 is 0. The Morgan fingerprint density at radius 1 is 1.37 bits per heavy atom. The largest absolute Gasteiger partial charge is 0.478 e. The lowest BCUT2D eigenvalue weighted by atomic mass is 9.98. The Morgan fingerprint density at radius 3 is 2.74 bits per heavy atom. The number of carboxylic acids is 1. The molecular weight excluding hydrogens is 244 g/mol. The molecule has 0 aliphatic carbocycles. The zero-order valence-corrected chi connectivity index (χ0v) is 11.2. The molecule has 1 aromatic carbocycles. The Hall–Kier alpha value is -2.10. The molecule has 0 fully saturated rings. The quantitative estimate of drug-likeness (QED) is 0.632. The fourth-order valence-corrected chi connectivity index (χ4v) is 1.82. The topological polar surface area (TPSA) is 63.6 Å². The van der Waals surface area contributed by atoms with E-state index in [1.54, 1.807) is 13.0 Å². The highest BCUT2D eigenvalue weighted by atomic mass is 16.5. The van der Waals surface area contributed by atoms with E-state index in [9.17, 15) is 9.59 Å². The predicted molar refractivity (Wildman–Crippen MR) is 72.8 cm³/mol. The first-order valence-electron chi connectivity index (χ1n) is 6.19. The van der Waals surface area contributed by atoms with Gasteiger partial charge in [-0.25, -0.2) is 4.79 Å². The minimum absolute atomic E-state index is 0.239. The van der Waals surface area contributed by atoms with E-state index >= 15 is 0 Å². The number of ether oxygens (including phenoxy) is 1. The number of carbonyl (C=O) groups excluding carboxylic acids is 1. The highest BCUT2D eigenvalue weighted by molar-refractivity contribution is 5.86. The molecule has 0 saturated heterocycles. The summed E-state index contributed by atoms with van der Waals surface area (Å²) in [6.45, 7) is 4.05. The fourth-order valence-electron chi connectivity index (χ4n) is 1.82. The van der Waals surface area contributed by atoms with Gasteiger partial charge in [0.1, 0.15) is 0 Å². The van der Waals surface area contributed by atoms with Crippen LogP contribution in [0.1, 0.15) is 30.0 Å². The molecular formula is C15H18O4. The van der Waals surface area contributed by atoms with Crippen LogP contribution in [0.5, 0.6) is 0 Å². The van der Waals surface area contributed by atoms with Crippen LogP contribution in [0.15, 0.2) is 24.3 Å². The van der Waals surface area contributed by atoms with Crippen molar-refractivity contribution in [2.75, 3.05) is 6.61 Å². The van der Waals surface area contributed by atoms with E-state index in [0.717, 1.165) is 22.8 Å². The van der Waals surface area contributed by atoms with Gasteiger partial charge < -0.3 is 9.84 Å². The number of carboxylic acid groups (broad SMARTS) is 1. The number of benzene rings is 1. The minimum Gasteiger partial charge on any atom is -0.478 e. The maximum absolute atomic E-state index is 11.3. The molecule has 19 heavy (non-hydrogen) atoms. The van der Waals surface area contributed by atoms with E-state index in [2.05, 4.69) is 0 Å². The van der Waals surface area contributed by atoms with Crippen LogP contribution in [0, 0.1) is 6.92 Å². The van der Waals surface area contributed by atoms with Gasteiger partial charge >= 0.3 is 11.9 Å². The molecule has 0 saturated carbocycles. The van der Waals surface area contributed by atoms with Crippen molar-refractivity contribution in [2.24, 2.45) is 0 Å². The first-order valence-corrected chi connectivity index (χ1v) is 6.19. The highest BCUT2D eigenvalue weighted by Gasteiger charge is 2.07. The Morgan fingerprint density at radius 2 is 2.11 bits per heavy atom. The molecule has 0 amide bonds. The molecule has 1 rings (SSSR count). The van der Waals surface area contributed by atoms with Gasteiger partial charge in [0.15, 0.2) is 0 Å². The first-order chi connectivity index (χ1) is 9.04. The number of aliphatic carboxylic acids is 1. The Balaban J connectivity index is 2.85. The number of esters is 1. The van der Waals surface area contributed by atoms with Gasteiger partial charge in [0.25, 0.3) is 0 Å². The number of carbonyl (C=O) groups is 2. The number of rotatable bonds is 6. The van der Waals surface area contributed by atoms with Crippen molar-refractivity contribution in [3.63, 3.8) is 0 Å². The molecule has 0 bridgehead atoms. The summed E-state index contributed by atoms with van der Waals surface area (Å²) in [6.07, 6.45) is 3.51. The Kier molecular flexibility index (Phi) is 5.79. The van der Waals surface area contributed by atoms with Crippen LogP contribution in [-0.4, -0.2) is 23.7 Å². The highest BCUT2D eigenvalue weighted by Crippen LogP contribution is 2.18. The van der Waals surface area contributed by atoms with Crippen molar-refractivity contribution < 1.29 is 19.4 Å². The van der Waals surface area contributed by atoms with Gasteiger partial charge in [-0.3, -0.25) is 4.79 Å². The standard InChI is InChI=1S/C15H18O4/c1-3-19-15(18)10-7-12-6-4-5-11(2)13(12)8-9-14(16)17/h4-6,8-9H,3,7,10H2,1-2H3,(H,16,17)/b9-8+. The second kappa shape index (κ2) is 7.36. The van der Waals surface area contributed by atoms with Crippen LogP contribution in [0.2, 0.25) is 0 Å². The molecule has 0 radical (unpaired) electrons. The fraction of sp³-hybridized carbons (Fsp3) is 0.333. The van der Waals surface area contributed by atoms with Crippen molar-refractivity contribution in [1.82, 2.24) is 0 Å². The molecule has 4 nitrogen and oxygen atoms in total. The molecule has 0 aliphatic heterocycles. The van der Waals surface area contributed by atoms with Crippen molar-refractivity contribution in [3.8, 4) is 0 Å². The third-order valence-corrected chi connectivity index (χ3v) is 2.71. The van der Waals surface area contributed by atoms with Crippen LogP contribution >= 0.6 is 0 Å². The third kappa shape index (κ3) is 4.95. The molecule has 0 aliphatic rings. The van der Waals surface area contributed by atoms with E-state index < -0.39 is 5.97 Å². The number of hydrogen-bond acceptors (Lipinski definition) is 3. The second-order valence-corrected chi connectivity index (χ2v) is 4.12. The van der Waals surface area contributed by atoms with Gasteiger partial charge in [0, 0.05) is 12.5 Å². The van der Waals surface area contributed by atoms with Crippen LogP contribution in [-0.2, 0) is 20.7 Å². The van der Waals surface area contributed by atoms with Crippen LogP contribution in [0.3, 0.4) is 0 Å². The minimum atomic E-state index is -0.986. The summed E-state index contributed by atoms with van der Waals surface area (Å²) in [5.41, 5.74) is 2.79. The van der Waals surface area contributed by atoms with Gasteiger partial charge in [0.05, 0.1) is 6.61 Å². The summed E-state index contributed by atoms with van der Waals surface area (Å²) in [4.78, 5) is 21.9. The molecule has 1 N–H and O–H groups in total.